The molecule has 1 atom stereocenters. The summed E-state index contributed by atoms with van der Waals surface area (Å²) in [5.41, 5.74) is -6.95. The molecular formula is C23H18ClF3N4O6S2. The predicted molar refractivity (Wildman–Crippen MR) is 134 cm³/mol. The van der Waals surface area contributed by atoms with Gasteiger partial charge in [-0.1, -0.05) is 11.6 Å². The number of benzene rings is 2. The molecule has 1 saturated heterocycles. The van der Waals surface area contributed by atoms with Crippen LogP contribution in [0.1, 0.15) is 12.5 Å². The molecule has 0 aliphatic carbocycles. The number of urea groups is 1. The van der Waals surface area contributed by atoms with Gasteiger partial charge < -0.3 is 5.32 Å². The lowest BCUT2D eigenvalue weighted by atomic mass is 9.92. The van der Waals surface area contributed by atoms with Gasteiger partial charge in [-0.15, -0.1) is 0 Å². The average molecular weight is 603 g/mol. The lowest BCUT2D eigenvalue weighted by Crippen LogP contribution is -2.46. The Morgan fingerprint density at radius 3 is 2.15 bits per heavy atom. The molecule has 206 valence electrons. The van der Waals surface area contributed by atoms with Crippen LogP contribution in [0.5, 0.6) is 0 Å². The van der Waals surface area contributed by atoms with E-state index in [2.05, 4.69) is 15.0 Å². The first-order valence-electron chi connectivity index (χ1n) is 10.8. The minimum Gasteiger partial charge on any atom is -0.323 e. The summed E-state index contributed by atoms with van der Waals surface area (Å²) >= 11 is 5.82. The van der Waals surface area contributed by atoms with Crippen LogP contribution in [0.2, 0.25) is 5.02 Å². The van der Waals surface area contributed by atoms with Crippen LogP contribution in [-0.4, -0.2) is 44.8 Å². The molecule has 39 heavy (non-hydrogen) atoms. The second-order valence-electron chi connectivity index (χ2n) is 8.61. The number of hydrogen-bond donors (Lipinski definition) is 2. The molecule has 1 aromatic heterocycles. The van der Waals surface area contributed by atoms with Gasteiger partial charge in [0.1, 0.15) is 5.54 Å². The summed E-state index contributed by atoms with van der Waals surface area (Å²) in [6.45, 7) is 1.38. The third-order valence-corrected chi connectivity index (χ3v) is 8.93. The Balaban J connectivity index is 1.59. The molecule has 0 saturated carbocycles. The number of sulfone groups is 1. The van der Waals surface area contributed by atoms with E-state index in [0.717, 1.165) is 12.1 Å². The minimum atomic E-state index is -5.62. The second-order valence-corrected chi connectivity index (χ2v) is 12.7. The zero-order valence-electron chi connectivity index (χ0n) is 19.7. The molecule has 3 amide bonds. The van der Waals surface area contributed by atoms with Crippen LogP contribution in [0.15, 0.2) is 76.8 Å². The molecule has 2 heterocycles. The second kappa shape index (κ2) is 9.81. The molecule has 3 aromatic rings. The van der Waals surface area contributed by atoms with Crippen molar-refractivity contribution in [1.82, 2.24) is 10.3 Å². The van der Waals surface area contributed by atoms with E-state index in [1.54, 1.807) is 0 Å². The molecule has 16 heteroatoms. The molecular weight excluding hydrogens is 585 g/mol. The summed E-state index contributed by atoms with van der Waals surface area (Å²) in [6.07, 6.45) is 2.39. The fraction of sp³-hybridized carbons (Fsp3) is 0.174. The molecule has 0 spiro atoms. The van der Waals surface area contributed by atoms with Gasteiger partial charge in [0.05, 0.1) is 27.4 Å². The summed E-state index contributed by atoms with van der Waals surface area (Å²) in [5.74, 6) is -0.803. The number of amides is 3. The zero-order chi connectivity index (χ0) is 28.8. The van der Waals surface area contributed by atoms with Crippen molar-refractivity contribution in [3.63, 3.8) is 0 Å². The minimum absolute atomic E-state index is 0.0379. The number of alkyl halides is 3. The summed E-state index contributed by atoms with van der Waals surface area (Å²) < 4.78 is 89.8. The van der Waals surface area contributed by atoms with Gasteiger partial charge in [0.25, 0.3) is 25.8 Å². The lowest BCUT2D eigenvalue weighted by Gasteiger charge is -2.23. The summed E-state index contributed by atoms with van der Waals surface area (Å²) in [7, 11) is -9.69. The summed E-state index contributed by atoms with van der Waals surface area (Å²) in [6, 6.07) is 9.01. The van der Waals surface area contributed by atoms with Crippen LogP contribution in [-0.2, 0) is 31.1 Å². The van der Waals surface area contributed by atoms with E-state index in [9.17, 15) is 39.6 Å². The highest BCUT2D eigenvalue weighted by molar-refractivity contribution is 7.92. The van der Waals surface area contributed by atoms with Gasteiger partial charge in [-0.05, 0) is 67.1 Å². The van der Waals surface area contributed by atoms with Gasteiger partial charge in [0.15, 0.2) is 0 Å². The molecule has 10 nitrogen and oxygen atoms in total. The molecule has 2 aromatic carbocycles. The largest absolute Gasteiger partial charge is 0.501 e. The molecule has 1 fully saturated rings. The number of carbonyl (C=O) groups excluding carboxylic acids is 2. The van der Waals surface area contributed by atoms with Crippen molar-refractivity contribution in [2.45, 2.75) is 34.2 Å². The Morgan fingerprint density at radius 1 is 0.974 bits per heavy atom. The number of anilines is 2. The van der Waals surface area contributed by atoms with E-state index in [4.69, 9.17) is 11.6 Å². The molecule has 4 rings (SSSR count). The van der Waals surface area contributed by atoms with Crippen molar-refractivity contribution >= 4 is 54.8 Å². The van der Waals surface area contributed by atoms with Gasteiger partial charge in [-0.2, -0.15) is 13.2 Å². The molecule has 1 aliphatic heterocycles. The van der Waals surface area contributed by atoms with E-state index in [0.29, 0.717) is 27.6 Å². The highest BCUT2D eigenvalue weighted by Crippen LogP contribution is 2.33. The van der Waals surface area contributed by atoms with Gasteiger partial charge in [-0.3, -0.25) is 14.5 Å². The summed E-state index contributed by atoms with van der Waals surface area (Å²) in [4.78, 5) is 29.5. The Bertz CT molecular complexity index is 1670. The fourth-order valence-corrected chi connectivity index (χ4v) is 5.79. The smallest absolute Gasteiger partial charge is 0.323 e. The first-order valence-corrected chi connectivity index (χ1v) is 14.2. The highest BCUT2D eigenvalue weighted by atomic mass is 35.5. The number of pyridine rings is 1. The summed E-state index contributed by atoms with van der Waals surface area (Å²) in [5, 5.41) is 2.83. The van der Waals surface area contributed by atoms with Crippen molar-refractivity contribution in [2.24, 2.45) is 0 Å². The van der Waals surface area contributed by atoms with Gasteiger partial charge in [-0.25, -0.2) is 26.5 Å². The first-order chi connectivity index (χ1) is 18.0. The Morgan fingerprint density at radius 2 is 1.56 bits per heavy atom. The number of aromatic nitrogens is 1. The van der Waals surface area contributed by atoms with Crippen LogP contribution >= 0.6 is 11.6 Å². The van der Waals surface area contributed by atoms with E-state index in [1.807, 2.05) is 0 Å². The van der Waals surface area contributed by atoms with E-state index in [1.165, 1.54) is 49.6 Å². The molecule has 0 bridgehead atoms. The number of nitrogens with zero attached hydrogens (tertiary/aromatic N) is 2. The number of nitrogens with one attached hydrogen (secondary N) is 2. The van der Waals surface area contributed by atoms with Crippen LogP contribution < -0.4 is 14.9 Å². The molecule has 1 unspecified atom stereocenters. The number of hydrogen-bond acceptors (Lipinski definition) is 7. The Labute approximate surface area is 225 Å². The van der Waals surface area contributed by atoms with Crippen molar-refractivity contribution in [3.8, 4) is 0 Å². The number of carbonyl (C=O) groups is 2. The van der Waals surface area contributed by atoms with E-state index >= 15 is 0 Å². The van der Waals surface area contributed by atoms with E-state index < -0.39 is 47.7 Å². The third kappa shape index (κ3) is 5.42. The Kier molecular flexibility index (Phi) is 7.12. The SMILES string of the molecule is CC1(Cc2ccncc2NS(=O)(=O)c2ccc(Cl)cc2)NC(=O)N(c2ccc(S(=O)(=O)C(F)(F)F)cc2)C1=O. The predicted octanol–water partition coefficient (Wildman–Crippen LogP) is 3.89. The quantitative estimate of drug-likeness (QED) is 0.391. The van der Waals surface area contributed by atoms with Crippen molar-refractivity contribution in [1.29, 1.82) is 0 Å². The van der Waals surface area contributed by atoms with Gasteiger partial charge in [0.2, 0.25) is 0 Å². The highest BCUT2D eigenvalue weighted by Gasteiger charge is 2.50. The third-order valence-electron chi connectivity index (χ3n) is 5.79. The average Bonchev–Trinajstić information content (AvgIpc) is 3.07. The van der Waals surface area contributed by atoms with Crippen molar-refractivity contribution in [3.05, 3.63) is 77.6 Å². The zero-order valence-corrected chi connectivity index (χ0v) is 22.1. The van der Waals surface area contributed by atoms with Crippen LogP contribution in [0.3, 0.4) is 0 Å². The molecule has 0 radical (unpaired) electrons. The number of sulfonamides is 1. The normalized spacial score (nSPS) is 18.2. The maximum Gasteiger partial charge on any atom is 0.501 e. The van der Waals surface area contributed by atoms with Crippen LogP contribution in [0.25, 0.3) is 0 Å². The van der Waals surface area contributed by atoms with Crippen molar-refractivity contribution in [2.75, 3.05) is 9.62 Å². The topological polar surface area (TPSA) is 143 Å². The first kappa shape index (κ1) is 28.3. The molecule has 1 aliphatic rings. The number of rotatable bonds is 7. The maximum atomic E-state index is 13.3. The maximum absolute atomic E-state index is 13.3. The fourth-order valence-electron chi connectivity index (χ4n) is 3.81. The van der Waals surface area contributed by atoms with Gasteiger partial charge in [0, 0.05) is 17.6 Å². The van der Waals surface area contributed by atoms with Crippen LogP contribution in [0.4, 0.5) is 29.3 Å². The Hall–Kier alpha value is -3.69. The lowest BCUT2D eigenvalue weighted by molar-refractivity contribution is -0.121. The number of halogens is 4. The standard InChI is InChI=1S/C23H18ClF3N4O6S2/c1-22(12-14-10-11-28-13-19(14)30-39(36,37)18-6-2-15(24)3-7-18)20(32)31(21(33)29-22)16-4-8-17(9-5-16)38(34,35)23(25,26)27/h2-11,13,30H,12H2,1H3,(H,29,33). The molecule has 2 N–H and O–H groups in total. The van der Waals surface area contributed by atoms with Gasteiger partial charge >= 0.3 is 11.5 Å². The number of imide groups is 1. The van der Waals surface area contributed by atoms with Crippen molar-refractivity contribution < 1.29 is 39.6 Å². The van der Waals surface area contributed by atoms with Crippen LogP contribution in [0, 0.1) is 0 Å². The van der Waals surface area contributed by atoms with E-state index in [-0.39, 0.29) is 22.7 Å². The monoisotopic (exact) mass is 602 g/mol.